The third-order valence-electron chi connectivity index (χ3n) is 3.90. The molecule has 112 valence electrons. The monoisotopic (exact) mass is 322 g/mol. The van der Waals surface area contributed by atoms with Gasteiger partial charge in [0, 0.05) is 17.5 Å². The van der Waals surface area contributed by atoms with Crippen LogP contribution in [-0.4, -0.2) is 5.11 Å². The summed E-state index contributed by atoms with van der Waals surface area (Å²) in [6.07, 6.45) is 0.642. The second-order valence-electron chi connectivity index (χ2n) is 5.39. The van der Waals surface area contributed by atoms with Gasteiger partial charge in [0.2, 0.25) is 0 Å². The molecule has 0 aliphatic heterocycles. The molecule has 0 heterocycles. The molecular formula is C17H20ClO2P. The van der Waals surface area contributed by atoms with E-state index in [-0.39, 0.29) is 8.16 Å². The zero-order chi connectivity index (χ0) is 15.6. The summed E-state index contributed by atoms with van der Waals surface area (Å²) in [4.78, 5) is 0. The van der Waals surface area contributed by atoms with Gasteiger partial charge >= 0.3 is 0 Å². The van der Waals surface area contributed by atoms with Crippen molar-refractivity contribution in [3.63, 3.8) is 0 Å². The fourth-order valence-electron chi connectivity index (χ4n) is 2.50. The van der Waals surface area contributed by atoms with Gasteiger partial charge in [0.1, 0.15) is 11.5 Å². The molecule has 0 radical (unpaired) electrons. The normalized spacial score (nSPS) is 11.3. The standard InChI is InChI=1S/C17H20ClO2P/c1-10-5-7-12(3)16(19)14(10)9-15-11(2)6-8-13(4)17(15)20-21-18/h5-8,19,21H,9H2,1-4H3. The first-order chi connectivity index (χ1) is 9.95. The third kappa shape index (κ3) is 3.33. The van der Waals surface area contributed by atoms with Crippen molar-refractivity contribution in [2.45, 2.75) is 34.1 Å². The van der Waals surface area contributed by atoms with E-state index in [1.807, 2.05) is 39.0 Å². The predicted octanol–water partition coefficient (Wildman–Crippen LogP) is 5.34. The van der Waals surface area contributed by atoms with E-state index in [0.29, 0.717) is 12.2 Å². The van der Waals surface area contributed by atoms with Crippen molar-refractivity contribution in [2.24, 2.45) is 0 Å². The quantitative estimate of drug-likeness (QED) is 0.770. The van der Waals surface area contributed by atoms with Gasteiger partial charge in [-0.05, 0) is 49.9 Å². The molecule has 2 rings (SSSR count). The molecule has 1 unspecified atom stereocenters. The van der Waals surface area contributed by atoms with Crippen LogP contribution in [0.15, 0.2) is 24.3 Å². The van der Waals surface area contributed by atoms with Crippen molar-refractivity contribution in [1.82, 2.24) is 0 Å². The van der Waals surface area contributed by atoms with Crippen LogP contribution in [0.5, 0.6) is 11.5 Å². The summed E-state index contributed by atoms with van der Waals surface area (Å²) < 4.78 is 5.64. The highest BCUT2D eigenvalue weighted by Gasteiger charge is 2.15. The van der Waals surface area contributed by atoms with Gasteiger partial charge in [-0.2, -0.15) is 0 Å². The average molecular weight is 323 g/mol. The lowest BCUT2D eigenvalue weighted by Gasteiger charge is -2.17. The first kappa shape index (κ1) is 16.1. The molecule has 0 amide bonds. The highest BCUT2D eigenvalue weighted by atomic mass is 35.7. The smallest absolute Gasteiger partial charge is 0.168 e. The van der Waals surface area contributed by atoms with Crippen LogP contribution in [0.25, 0.3) is 0 Å². The Hall–Kier alpha value is -1.24. The van der Waals surface area contributed by atoms with E-state index in [4.69, 9.17) is 15.8 Å². The van der Waals surface area contributed by atoms with E-state index in [1.54, 1.807) is 0 Å². The Morgan fingerprint density at radius 2 is 1.43 bits per heavy atom. The molecule has 0 aliphatic carbocycles. The van der Waals surface area contributed by atoms with Crippen LogP contribution in [0.3, 0.4) is 0 Å². The van der Waals surface area contributed by atoms with Crippen molar-refractivity contribution in [3.8, 4) is 11.5 Å². The largest absolute Gasteiger partial charge is 0.507 e. The van der Waals surface area contributed by atoms with Crippen molar-refractivity contribution < 1.29 is 9.63 Å². The Kier molecular flexibility index (Phi) is 5.13. The molecule has 4 heteroatoms. The Morgan fingerprint density at radius 1 is 0.905 bits per heavy atom. The molecule has 2 aromatic rings. The van der Waals surface area contributed by atoms with Gasteiger partial charge in [0.25, 0.3) is 0 Å². The molecule has 0 saturated carbocycles. The maximum absolute atomic E-state index is 10.4. The Balaban J connectivity index is 2.54. The summed E-state index contributed by atoms with van der Waals surface area (Å²) in [6.45, 7) is 8.00. The van der Waals surface area contributed by atoms with Gasteiger partial charge in [-0.25, -0.2) is 0 Å². The summed E-state index contributed by atoms with van der Waals surface area (Å²) in [5.74, 6) is 1.21. The van der Waals surface area contributed by atoms with Crippen molar-refractivity contribution >= 4 is 19.4 Å². The topological polar surface area (TPSA) is 29.5 Å². The van der Waals surface area contributed by atoms with E-state index in [2.05, 4.69) is 13.0 Å². The van der Waals surface area contributed by atoms with E-state index in [1.165, 1.54) is 0 Å². The van der Waals surface area contributed by atoms with Crippen LogP contribution in [0.1, 0.15) is 33.4 Å². The van der Waals surface area contributed by atoms with Gasteiger partial charge in [0.05, 0.1) is 0 Å². The van der Waals surface area contributed by atoms with Gasteiger partial charge in [0.15, 0.2) is 8.16 Å². The lowest BCUT2D eigenvalue weighted by atomic mass is 9.93. The number of aryl methyl sites for hydroxylation is 4. The van der Waals surface area contributed by atoms with Crippen LogP contribution < -0.4 is 4.52 Å². The molecular weight excluding hydrogens is 303 g/mol. The molecule has 1 atom stereocenters. The van der Waals surface area contributed by atoms with E-state index in [0.717, 1.165) is 39.1 Å². The molecule has 21 heavy (non-hydrogen) atoms. The van der Waals surface area contributed by atoms with Gasteiger partial charge < -0.3 is 9.63 Å². The van der Waals surface area contributed by atoms with Crippen molar-refractivity contribution in [3.05, 3.63) is 57.6 Å². The second kappa shape index (κ2) is 6.68. The number of benzene rings is 2. The number of phenols is 1. The van der Waals surface area contributed by atoms with Crippen LogP contribution in [-0.2, 0) is 6.42 Å². The lowest BCUT2D eigenvalue weighted by molar-refractivity contribution is 0.464. The summed E-state index contributed by atoms with van der Waals surface area (Å²) in [5, 5.41) is 10.4. The molecule has 2 aromatic carbocycles. The fourth-order valence-corrected chi connectivity index (χ4v) is 3.09. The second-order valence-corrected chi connectivity index (χ2v) is 6.21. The number of rotatable bonds is 4. The summed E-state index contributed by atoms with van der Waals surface area (Å²) in [5.41, 5.74) is 6.22. The minimum Gasteiger partial charge on any atom is -0.507 e. The number of hydrogen-bond acceptors (Lipinski definition) is 2. The molecule has 0 aliphatic rings. The lowest BCUT2D eigenvalue weighted by Crippen LogP contribution is -2.00. The maximum Gasteiger partial charge on any atom is 0.168 e. The molecule has 2 nitrogen and oxygen atoms in total. The minimum atomic E-state index is -0.113. The Morgan fingerprint density at radius 3 is 2.05 bits per heavy atom. The summed E-state index contributed by atoms with van der Waals surface area (Å²) in [7, 11) is -0.113. The van der Waals surface area contributed by atoms with Gasteiger partial charge in [-0.3, -0.25) is 0 Å². The predicted molar refractivity (Wildman–Crippen MR) is 91.1 cm³/mol. The summed E-state index contributed by atoms with van der Waals surface area (Å²) >= 11 is 5.78. The zero-order valence-corrected chi connectivity index (χ0v) is 14.5. The first-order valence-electron chi connectivity index (χ1n) is 6.85. The van der Waals surface area contributed by atoms with Crippen molar-refractivity contribution in [1.29, 1.82) is 0 Å². The molecule has 0 spiro atoms. The minimum absolute atomic E-state index is 0.113. The maximum atomic E-state index is 10.4. The fraction of sp³-hybridized carbons (Fsp3) is 0.294. The van der Waals surface area contributed by atoms with Crippen LogP contribution in [0, 0.1) is 27.7 Å². The van der Waals surface area contributed by atoms with Gasteiger partial charge in [-0.1, -0.05) is 35.5 Å². The number of halogens is 1. The highest BCUT2D eigenvalue weighted by molar-refractivity contribution is 7.64. The molecule has 1 N–H and O–H groups in total. The Bertz CT molecular complexity index is 668. The SMILES string of the molecule is Cc1ccc(C)c(Cc2c(C)ccc(C)c2OPCl)c1O. The highest BCUT2D eigenvalue weighted by Crippen LogP contribution is 2.37. The number of hydrogen-bond donors (Lipinski definition) is 1. The number of aromatic hydroxyl groups is 1. The molecule has 0 fully saturated rings. The molecule has 0 saturated heterocycles. The van der Waals surface area contributed by atoms with Crippen LogP contribution in [0.2, 0.25) is 0 Å². The van der Waals surface area contributed by atoms with Gasteiger partial charge in [-0.15, -0.1) is 0 Å². The van der Waals surface area contributed by atoms with Crippen molar-refractivity contribution in [2.75, 3.05) is 0 Å². The van der Waals surface area contributed by atoms with E-state index < -0.39 is 0 Å². The van der Waals surface area contributed by atoms with E-state index >= 15 is 0 Å². The summed E-state index contributed by atoms with van der Waals surface area (Å²) in [6, 6.07) is 8.10. The average Bonchev–Trinajstić information content (AvgIpc) is 2.46. The zero-order valence-electron chi connectivity index (χ0n) is 12.7. The molecule has 0 aromatic heterocycles. The first-order valence-corrected chi connectivity index (χ1v) is 8.77. The van der Waals surface area contributed by atoms with E-state index in [9.17, 15) is 5.11 Å². The third-order valence-corrected chi connectivity index (χ3v) is 4.42. The number of phenolic OH excluding ortho intramolecular Hbond substituents is 1. The van der Waals surface area contributed by atoms with Crippen LogP contribution in [0.4, 0.5) is 0 Å². The van der Waals surface area contributed by atoms with Crippen LogP contribution >= 0.6 is 19.4 Å². The Labute approximate surface area is 132 Å². The molecule has 0 bridgehead atoms.